The lowest BCUT2D eigenvalue weighted by atomic mass is 9.41. The van der Waals surface area contributed by atoms with Crippen LogP contribution in [0.25, 0.3) is 0 Å². The molecule has 9 rings (SSSR count). The average molecular weight is 943 g/mol. The minimum atomic E-state index is -1.70. The fourth-order valence-electron chi connectivity index (χ4n) is 16.3. The highest BCUT2D eigenvalue weighted by Crippen LogP contribution is 2.89. The number of carbonyl (C=O) groups excluding carboxylic acids is 1. The summed E-state index contributed by atoms with van der Waals surface area (Å²) in [5, 5.41) is 99.0. The van der Waals surface area contributed by atoms with Gasteiger partial charge in [-0.1, -0.05) is 27.7 Å². The van der Waals surface area contributed by atoms with Crippen molar-refractivity contribution in [3.05, 3.63) is 0 Å². The van der Waals surface area contributed by atoms with Crippen LogP contribution in [0, 0.1) is 44.8 Å². The van der Waals surface area contributed by atoms with Crippen LogP contribution in [0.5, 0.6) is 0 Å². The van der Waals surface area contributed by atoms with Crippen LogP contribution in [0.2, 0.25) is 0 Å². The molecule has 0 aromatic rings. The molecular weight excluding hydrogens is 865 g/mol. The first-order valence-electron chi connectivity index (χ1n) is 24.5. The van der Waals surface area contributed by atoms with Crippen LogP contribution in [-0.2, 0) is 42.7 Å². The Hall–Kier alpha value is -1.17. The first-order valence-corrected chi connectivity index (χ1v) is 24.5. The zero-order chi connectivity index (χ0) is 48.1. The van der Waals surface area contributed by atoms with E-state index in [4.69, 9.17) is 37.9 Å². The summed E-state index contributed by atoms with van der Waals surface area (Å²) in [4.78, 5) is 12.4. The summed E-state index contributed by atoms with van der Waals surface area (Å²) in [6.45, 7) is 16.8. The van der Waals surface area contributed by atoms with Gasteiger partial charge in [-0.2, -0.15) is 0 Å². The van der Waals surface area contributed by atoms with Gasteiger partial charge >= 0.3 is 5.97 Å². The van der Waals surface area contributed by atoms with Crippen molar-refractivity contribution in [2.24, 2.45) is 44.8 Å². The van der Waals surface area contributed by atoms with Crippen molar-refractivity contribution in [2.75, 3.05) is 13.2 Å². The summed E-state index contributed by atoms with van der Waals surface area (Å²) in [5.74, 6) is -1.03. The molecule has 25 atom stereocenters. The molecule has 4 heterocycles. The lowest BCUT2D eigenvalue weighted by molar-refractivity contribution is -0.366. The molecule has 5 saturated carbocycles. The van der Waals surface area contributed by atoms with E-state index in [0.717, 1.165) is 32.1 Å². The van der Waals surface area contributed by atoms with Gasteiger partial charge in [-0.25, -0.2) is 0 Å². The van der Waals surface area contributed by atoms with E-state index in [1.165, 1.54) is 13.8 Å². The van der Waals surface area contributed by atoms with Gasteiger partial charge in [-0.15, -0.1) is 0 Å². The number of fused-ring (bicyclic) bond motifs is 2. The van der Waals surface area contributed by atoms with E-state index in [-0.39, 0.29) is 58.7 Å². The first-order chi connectivity index (χ1) is 30.7. The molecule has 4 aliphatic heterocycles. The Labute approximate surface area is 387 Å². The highest BCUT2D eigenvalue weighted by atomic mass is 16.8. The number of esters is 1. The van der Waals surface area contributed by atoms with Crippen LogP contribution >= 0.6 is 0 Å². The van der Waals surface area contributed by atoms with Crippen molar-refractivity contribution in [1.29, 1.82) is 0 Å². The number of rotatable bonds is 9. The summed E-state index contributed by atoms with van der Waals surface area (Å²) in [6.07, 6.45) is -13.6. The molecule has 4 saturated heterocycles. The Morgan fingerprint density at radius 2 is 1.33 bits per heavy atom. The van der Waals surface area contributed by atoms with E-state index in [1.807, 2.05) is 0 Å². The second-order valence-electron chi connectivity index (χ2n) is 24.0. The van der Waals surface area contributed by atoms with Crippen LogP contribution in [0.4, 0.5) is 0 Å². The van der Waals surface area contributed by atoms with Gasteiger partial charge in [-0.3, -0.25) is 4.79 Å². The Morgan fingerprint density at radius 1 is 0.667 bits per heavy atom. The summed E-state index contributed by atoms with van der Waals surface area (Å²) in [6, 6.07) is 0. The molecule has 9 aliphatic rings. The maximum Gasteiger partial charge on any atom is 0.303 e. The van der Waals surface area contributed by atoms with Crippen molar-refractivity contribution in [3.8, 4) is 0 Å². The molecule has 9 fully saturated rings. The third-order valence-corrected chi connectivity index (χ3v) is 19.6. The molecule has 0 radical (unpaired) electrons. The molecule has 0 aromatic carbocycles. The number of hydrogen-bond donors (Lipinski definition) is 9. The predicted octanol–water partition coefficient (Wildman–Crippen LogP) is 0.786. The molecule has 0 bridgehead atoms. The Morgan fingerprint density at radius 3 is 2.00 bits per heavy atom. The lowest BCUT2D eigenvalue weighted by Gasteiger charge is -2.65. The Kier molecular flexibility index (Phi) is 12.6. The van der Waals surface area contributed by atoms with E-state index >= 15 is 0 Å². The summed E-state index contributed by atoms with van der Waals surface area (Å²) in [5.41, 5.74) is -3.49. The van der Waals surface area contributed by atoms with Crippen molar-refractivity contribution in [3.63, 3.8) is 0 Å². The fourth-order valence-corrected chi connectivity index (χ4v) is 16.3. The van der Waals surface area contributed by atoms with Gasteiger partial charge in [0.25, 0.3) is 0 Å². The van der Waals surface area contributed by atoms with Crippen molar-refractivity contribution in [2.45, 2.75) is 236 Å². The van der Waals surface area contributed by atoms with Crippen LogP contribution < -0.4 is 0 Å². The topological polar surface area (TPSA) is 273 Å². The van der Waals surface area contributed by atoms with Crippen LogP contribution in [0.3, 0.4) is 0 Å². The molecule has 0 unspecified atom stereocenters. The minimum Gasteiger partial charge on any atom is -0.457 e. The smallest absolute Gasteiger partial charge is 0.303 e. The van der Waals surface area contributed by atoms with Crippen LogP contribution in [0.1, 0.15) is 120 Å². The normalized spacial score (nSPS) is 56.7. The van der Waals surface area contributed by atoms with Crippen LogP contribution in [-0.4, -0.2) is 181 Å². The highest BCUT2D eigenvalue weighted by molar-refractivity contribution is 5.66. The van der Waals surface area contributed by atoms with E-state index in [9.17, 15) is 50.8 Å². The molecule has 2 spiro atoms. The molecule has 18 nitrogen and oxygen atoms in total. The lowest BCUT2D eigenvalue weighted by Crippen LogP contribution is -2.65. The molecular formula is C48H78O18. The Bertz CT molecular complexity index is 1810. The van der Waals surface area contributed by atoms with Gasteiger partial charge in [0.05, 0.1) is 54.9 Å². The zero-order valence-corrected chi connectivity index (χ0v) is 40.0. The van der Waals surface area contributed by atoms with E-state index in [1.54, 1.807) is 13.8 Å². The van der Waals surface area contributed by atoms with Gasteiger partial charge in [-0.05, 0) is 124 Å². The number of aliphatic hydroxyl groups is 9. The highest BCUT2D eigenvalue weighted by Gasteiger charge is 2.85. The second-order valence-corrected chi connectivity index (χ2v) is 24.0. The maximum absolute atomic E-state index is 12.4. The van der Waals surface area contributed by atoms with Crippen LogP contribution in [0.15, 0.2) is 0 Å². The van der Waals surface area contributed by atoms with Gasteiger partial charge in [0.1, 0.15) is 42.7 Å². The summed E-state index contributed by atoms with van der Waals surface area (Å²) in [7, 11) is 0. The monoisotopic (exact) mass is 943 g/mol. The van der Waals surface area contributed by atoms with Crippen molar-refractivity contribution in [1.82, 2.24) is 0 Å². The minimum absolute atomic E-state index is 0.0767. The number of aliphatic hydroxyl groups excluding tert-OH is 8. The standard InChI is InChI=1S/C48H78O18/c1-21-30(53)32(55)34(57)40(61-21)65-36-35(62-22(2)49)25(52)19-60-41(36)64-28-11-13-48-20-47(48)15-14-44(7)37(46(9)12-10-29(66-46)43(5,6)58)23(50)17-45(44,8)27(47)16-26(38(48)42(28,3)4)63-39-33(56)31(54)24(51)18-59-39/h21,23-41,50-58H,10-20H2,1-9H3/t21-,23+,24+,25-,26-,27-,28+,29+,30-,31+,32+,33-,34+,35+,36-,37-,38+,39-,40-,41-,44-,45-,46+,47-,48+/m0/s1. The molecule has 0 amide bonds. The van der Waals surface area contributed by atoms with Crippen molar-refractivity contribution >= 4 is 5.97 Å². The third kappa shape index (κ3) is 7.43. The van der Waals surface area contributed by atoms with E-state index in [0.29, 0.717) is 25.7 Å². The van der Waals surface area contributed by atoms with Gasteiger partial charge < -0.3 is 83.9 Å². The number of ether oxygens (including phenoxy) is 8. The molecule has 18 heteroatoms. The second kappa shape index (κ2) is 16.7. The molecule has 9 N–H and O–H groups in total. The van der Waals surface area contributed by atoms with Gasteiger partial charge in [0, 0.05) is 12.8 Å². The quantitative estimate of drug-likeness (QED) is 0.114. The van der Waals surface area contributed by atoms with E-state index in [2.05, 4.69) is 34.6 Å². The maximum atomic E-state index is 12.4. The zero-order valence-electron chi connectivity index (χ0n) is 40.0. The summed E-state index contributed by atoms with van der Waals surface area (Å²) >= 11 is 0. The molecule has 66 heavy (non-hydrogen) atoms. The first kappa shape index (κ1) is 49.8. The third-order valence-electron chi connectivity index (χ3n) is 19.6. The van der Waals surface area contributed by atoms with Crippen molar-refractivity contribution < 1.29 is 88.6 Å². The predicted molar refractivity (Wildman–Crippen MR) is 229 cm³/mol. The largest absolute Gasteiger partial charge is 0.457 e. The van der Waals surface area contributed by atoms with E-state index < -0.39 is 121 Å². The fraction of sp³-hybridized carbons (Fsp3) is 0.979. The number of carbonyl (C=O) groups is 1. The number of hydrogen-bond acceptors (Lipinski definition) is 18. The van der Waals surface area contributed by atoms with Gasteiger partial charge in [0.2, 0.25) is 0 Å². The average Bonchev–Trinajstić information content (AvgIpc) is 3.59. The van der Waals surface area contributed by atoms with Gasteiger partial charge in [0.15, 0.2) is 31.1 Å². The SMILES string of the molecule is CC(=O)O[C@H]1[C@H](O[C@@H]2O[C@@H](C)[C@H](O)[C@@H](O)[C@H]2O)[C@H](O[C@@H]2CC[C@]34C[C@]35CC[C@@]3(C)[C@@H]([C@@]6(C)CC[C@H](C(C)(C)O)O6)[C@H](O)C[C@@]3(C)[C@@H]5C[C@H](O[C@@H]3OC[C@@H](O)[C@@H](O)[C@@H]3O)[C@@H]4C2(C)C)OC[C@@H]1O. The summed E-state index contributed by atoms with van der Waals surface area (Å²) < 4.78 is 50.5. The molecule has 5 aliphatic carbocycles. The Balaban J connectivity index is 1.04. The molecule has 378 valence electrons. The molecule has 0 aromatic heterocycles.